The van der Waals surface area contributed by atoms with Gasteiger partial charge in [0.15, 0.2) is 11.6 Å². The van der Waals surface area contributed by atoms with E-state index in [0.29, 0.717) is 37.2 Å². The molecule has 1 saturated heterocycles. The Hall–Kier alpha value is -2.81. The number of carbonyl (C=O) groups excluding carboxylic acids is 2. The number of carbonyl (C=O) groups is 2. The largest absolute Gasteiger partial charge is 0.481 e. The van der Waals surface area contributed by atoms with Crippen molar-refractivity contribution in [2.45, 2.75) is 24.8 Å². The number of nitrogens with zero attached hydrogens (tertiary/aromatic N) is 2. The van der Waals surface area contributed by atoms with Gasteiger partial charge in [-0.15, -0.1) is 0 Å². The Bertz CT molecular complexity index is 930. The zero-order valence-electron chi connectivity index (χ0n) is 15.6. The number of nitrogens with one attached hydrogen (secondary N) is 2. The van der Waals surface area contributed by atoms with Crippen LogP contribution in [-0.4, -0.2) is 53.2 Å². The van der Waals surface area contributed by atoms with Gasteiger partial charge in [-0.2, -0.15) is 5.10 Å². The van der Waals surface area contributed by atoms with Crippen LogP contribution in [0.2, 0.25) is 0 Å². The second kappa shape index (κ2) is 6.97. The minimum Gasteiger partial charge on any atom is -0.481 e. The first-order valence-electron chi connectivity index (χ1n) is 9.10. The predicted octanol–water partition coefficient (Wildman–Crippen LogP) is 1.73. The molecule has 3 unspecified atom stereocenters. The van der Waals surface area contributed by atoms with E-state index in [1.165, 1.54) is 26.4 Å². The van der Waals surface area contributed by atoms with E-state index in [0.717, 1.165) is 6.20 Å². The number of pyridine rings is 1. The molecule has 2 aromatic heterocycles. The van der Waals surface area contributed by atoms with Gasteiger partial charge >= 0.3 is 5.97 Å². The number of hydrogen-bond acceptors (Lipinski definition) is 7. The van der Waals surface area contributed by atoms with Gasteiger partial charge in [-0.3, -0.25) is 14.7 Å². The lowest BCUT2D eigenvalue weighted by atomic mass is 9.88. The SMILES string of the molecule is COC(=O)C1CCNC2(C1)CC2C(=O)c1cc(-c2cc(OC)ncc2F)n[nH]1. The number of rotatable bonds is 5. The monoisotopic (exact) mass is 388 g/mol. The molecule has 148 valence electrons. The summed E-state index contributed by atoms with van der Waals surface area (Å²) in [6.45, 7) is 0.666. The molecule has 0 bridgehead atoms. The summed E-state index contributed by atoms with van der Waals surface area (Å²) >= 11 is 0. The van der Waals surface area contributed by atoms with Gasteiger partial charge in [-0.05, 0) is 31.9 Å². The number of Topliss-reactive ketones (excluding diaryl/α,β-unsaturated/α-hetero) is 1. The van der Waals surface area contributed by atoms with Gasteiger partial charge < -0.3 is 14.8 Å². The van der Waals surface area contributed by atoms with Crippen LogP contribution >= 0.6 is 0 Å². The van der Waals surface area contributed by atoms with Crippen LogP contribution in [0.4, 0.5) is 4.39 Å². The van der Waals surface area contributed by atoms with Crippen LogP contribution in [0.3, 0.4) is 0 Å². The van der Waals surface area contributed by atoms with Crippen molar-refractivity contribution in [3.8, 4) is 17.1 Å². The number of piperidine rings is 1. The highest BCUT2D eigenvalue weighted by Crippen LogP contribution is 2.51. The quantitative estimate of drug-likeness (QED) is 0.593. The summed E-state index contributed by atoms with van der Waals surface area (Å²) in [6.07, 6.45) is 2.99. The van der Waals surface area contributed by atoms with Gasteiger partial charge in [0.05, 0.1) is 32.0 Å². The number of ketones is 1. The second-order valence-electron chi connectivity index (χ2n) is 7.29. The van der Waals surface area contributed by atoms with E-state index in [9.17, 15) is 14.0 Å². The van der Waals surface area contributed by atoms with E-state index in [1.54, 1.807) is 0 Å². The number of halogens is 1. The summed E-state index contributed by atoms with van der Waals surface area (Å²) in [5.74, 6) is -1.06. The normalized spacial score (nSPS) is 26.1. The fraction of sp³-hybridized carbons (Fsp3) is 0.474. The fourth-order valence-electron chi connectivity index (χ4n) is 4.05. The number of hydrogen-bond donors (Lipinski definition) is 2. The van der Waals surface area contributed by atoms with Crippen LogP contribution in [0.1, 0.15) is 29.8 Å². The third-order valence-electron chi connectivity index (χ3n) is 5.67. The molecule has 0 radical (unpaired) electrons. The standard InChI is InChI=1S/C19H21FN4O4/c1-27-16-5-11(13(20)9-21-16)14-6-15(24-23-14)17(25)12-8-19(12)7-10(3-4-22-19)18(26)28-2/h5-6,9-10,12,22H,3-4,7-8H2,1-2H3,(H,23,24). The summed E-state index contributed by atoms with van der Waals surface area (Å²) < 4.78 is 24.0. The van der Waals surface area contributed by atoms with Gasteiger partial charge in [0.2, 0.25) is 5.88 Å². The van der Waals surface area contributed by atoms with Gasteiger partial charge in [0.25, 0.3) is 0 Å². The van der Waals surface area contributed by atoms with Crippen molar-refractivity contribution in [3.63, 3.8) is 0 Å². The fourth-order valence-corrected chi connectivity index (χ4v) is 4.05. The number of methoxy groups -OCH3 is 2. The maximum absolute atomic E-state index is 14.1. The van der Waals surface area contributed by atoms with Crippen LogP contribution in [0.5, 0.6) is 5.88 Å². The van der Waals surface area contributed by atoms with Crippen molar-refractivity contribution in [3.05, 3.63) is 29.8 Å². The number of esters is 1. The summed E-state index contributed by atoms with van der Waals surface area (Å²) in [5.41, 5.74) is 0.452. The summed E-state index contributed by atoms with van der Waals surface area (Å²) in [7, 11) is 2.82. The lowest BCUT2D eigenvalue weighted by Crippen LogP contribution is -2.45. The first kappa shape index (κ1) is 18.5. The van der Waals surface area contributed by atoms with E-state index < -0.39 is 5.82 Å². The average Bonchev–Trinajstić information content (AvgIpc) is 3.17. The molecule has 3 heterocycles. The molecule has 0 amide bonds. The zero-order valence-corrected chi connectivity index (χ0v) is 15.6. The molecule has 28 heavy (non-hydrogen) atoms. The van der Waals surface area contributed by atoms with Crippen LogP contribution in [0, 0.1) is 17.7 Å². The Labute approximate surface area is 160 Å². The van der Waals surface area contributed by atoms with Gasteiger partial charge in [-0.1, -0.05) is 0 Å². The van der Waals surface area contributed by atoms with Gasteiger partial charge in [-0.25, -0.2) is 9.37 Å². The summed E-state index contributed by atoms with van der Waals surface area (Å²) in [6, 6.07) is 2.97. The number of aromatic nitrogens is 3. The molecule has 3 atom stereocenters. The van der Waals surface area contributed by atoms with Crippen molar-refractivity contribution >= 4 is 11.8 Å². The van der Waals surface area contributed by atoms with Crippen LogP contribution < -0.4 is 10.1 Å². The Morgan fingerprint density at radius 1 is 1.29 bits per heavy atom. The van der Waals surface area contributed by atoms with Crippen LogP contribution in [0.25, 0.3) is 11.3 Å². The molecule has 1 aliphatic carbocycles. The topological polar surface area (TPSA) is 106 Å². The van der Waals surface area contributed by atoms with Crippen molar-refractivity contribution in [1.29, 1.82) is 0 Å². The highest BCUT2D eigenvalue weighted by atomic mass is 19.1. The Morgan fingerprint density at radius 2 is 2.11 bits per heavy atom. The van der Waals surface area contributed by atoms with E-state index in [4.69, 9.17) is 9.47 Å². The zero-order chi connectivity index (χ0) is 19.9. The minimum absolute atomic E-state index is 0.0989. The van der Waals surface area contributed by atoms with E-state index in [-0.39, 0.29) is 40.6 Å². The maximum Gasteiger partial charge on any atom is 0.308 e. The molecule has 1 spiro atoms. The molecule has 0 aromatic carbocycles. The molecule has 9 heteroatoms. The first-order chi connectivity index (χ1) is 13.5. The molecular formula is C19H21FN4O4. The third kappa shape index (κ3) is 3.15. The van der Waals surface area contributed by atoms with Crippen molar-refractivity contribution in [2.75, 3.05) is 20.8 Å². The Kier molecular flexibility index (Phi) is 4.62. The second-order valence-corrected chi connectivity index (χ2v) is 7.29. The van der Waals surface area contributed by atoms with E-state index in [2.05, 4.69) is 20.5 Å². The first-order valence-corrected chi connectivity index (χ1v) is 9.10. The smallest absolute Gasteiger partial charge is 0.308 e. The van der Waals surface area contributed by atoms with E-state index in [1.807, 2.05) is 0 Å². The van der Waals surface area contributed by atoms with Crippen LogP contribution in [0.15, 0.2) is 18.3 Å². The van der Waals surface area contributed by atoms with Crippen LogP contribution in [-0.2, 0) is 9.53 Å². The lowest BCUT2D eigenvalue weighted by Gasteiger charge is -2.29. The third-order valence-corrected chi connectivity index (χ3v) is 5.67. The molecule has 1 aliphatic heterocycles. The Balaban J connectivity index is 1.51. The number of aromatic amines is 1. The Morgan fingerprint density at radius 3 is 2.86 bits per heavy atom. The van der Waals surface area contributed by atoms with Crippen molar-refractivity contribution in [1.82, 2.24) is 20.5 Å². The molecule has 2 aromatic rings. The average molecular weight is 388 g/mol. The minimum atomic E-state index is -0.552. The maximum atomic E-state index is 14.1. The molecule has 2 fully saturated rings. The number of H-pyrrole nitrogens is 1. The van der Waals surface area contributed by atoms with Crippen molar-refractivity contribution < 1.29 is 23.5 Å². The molecule has 2 N–H and O–H groups in total. The van der Waals surface area contributed by atoms with Gasteiger partial charge in [0.1, 0.15) is 5.69 Å². The highest BCUT2D eigenvalue weighted by molar-refractivity contribution is 6.00. The predicted molar refractivity (Wildman–Crippen MR) is 96.2 cm³/mol. The molecule has 4 rings (SSSR count). The highest BCUT2D eigenvalue weighted by Gasteiger charge is 2.60. The molecular weight excluding hydrogens is 367 g/mol. The molecule has 8 nitrogen and oxygen atoms in total. The van der Waals surface area contributed by atoms with Crippen molar-refractivity contribution in [2.24, 2.45) is 11.8 Å². The lowest BCUT2D eigenvalue weighted by molar-refractivity contribution is -0.146. The number of ether oxygens (including phenoxy) is 2. The summed E-state index contributed by atoms with van der Waals surface area (Å²) in [4.78, 5) is 28.6. The van der Waals surface area contributed by atoms with Gasteiger partial charge in [0, 0.05) is 23.1 Å². The van der Waals surface area contributed by atoms with E-state index >= 15 is 0 Å². The molecule has 2 aliphatic rings. The molecule has 1 saturated carbocycles. The summed E-state index contributed by atoms with van der Waals surface area (Å²) in [5, 5.41) is 10.2.